The fourth-order valence-corrected chi connectivity index (χ4v) is 4.38. The first-order valence-corrected chi connectivity index (χ1v) is 8.97. The van der Waals surface area contributed by atoms with Crippen LogP contribution in [0.2, 0.25) is 0 Å². The van der Waals surface area contributed by atoms with Crippen LogP contribution in [0, 0.1) is 6.92 Å². The lowest BCUT2D eigenvalue weighted by atomic mass is 10.2. The van der Waals surface area contributed by atoms with E-state index < -0.39 is 10.2 Å². The normalized spacial score (nSPS) is 17.7. The zero-order valence-corrected chi connectivity index (χ0v) is 13.9. The van der Waals surface area contributed by atoms with Crippen molar-refractivity contribution in [3.8, 4) is 0 Å². The Hall–Kier alpha value is -0.790. The van der Waals surface area contributed by atoms with E-state index in [1.807, 2.05) is 13.0 Å². The maximum atomic E-state index is 12.4. The molecule has 5 nitrogen and oxygen atoms in total. The highest BCUT2D eigenvalue weighted by atomic mass is 79.9. The summed E-state index contributed by atoms with van der Waals surface area (Å²) >= 11 is 3.35. The Kier molecular flexibility index (Phi) is 4.93. The molecular weight excluding hydrogens is 342 g/mol. The Morgan fingerprint density at radius 3 is 2.35 bits per heavy atom. The molecule has 0 aromatic heterocycles. The highest BCUT2D eigenvalue weighted by molar-refractivity contribution is 9.10. The predicted octanol–water partition coefficient (Wildman–Crippen LogP) is 2.87. The van der Waals surface area contributed by atoms with Gasteiger partial charge >= 0.3 is 10.2 Å². The molecule has 2 rings (SSSR count). The zero-order chi connectivity index (χ0) is 14.8. The van der Waals surface area contributed by atoms with Crippen LogP contribution in [0.3, 0.4) is 0 Å². The molecule has 1 fully saturated rings. The summed E-state index contributed by atoms with van der Waals surface area (Å²) in [5.41, 5.74) is 7.61. The molecule has 0 aliphatic carbocycles. The molecule has 0 saturated carbocycles. The number of aryl methyl sites for hydroxylation is 1. The van der Waals surface area contributed by atoms with E-state index in [4.69, 9.17) is 5.73 Å². The van der Waals surface area contributed by atoms with Crippen molar-refractivity contribution >= 4 is 37.5 Å². The molecule has 0 bridgehead atoms. The van der Waals surface area contributed by atoms with E-state index in [1.165, 1.54) is 4.31 Å². The Bertz CT molecular complexity index is 558. The maximum Gasteiger partial charge on any atom is 0.301 e. The third-order valence-corrected chi connectivity index (χ3v) is 5.43. The number of nitrogen functional groups attached to an aromatic ring is 1. The standard InChI is InChI=1S/C13H20BrN3O2S/c1-10-8-11(14)9-12(15)13(10)16-20(18,19)17-6-4-2-3-5-7-17/h8-9,16H,2-7,15H2,1H3. The summed E-state index contributed by atoms with van der Waals surface area (Å²) in [6, 6.07) is 3.55. The SMILES string of the molecule is Cc1cc(Br)cc(N)c1NS(=O)(=O)N1CCCCCC1. The number of nitrogens with one attached hydrogen (secondary N) is 1. The van der Waals surface area contributed by atoms with Gasteiger partial charge in [0.15, 0.2) is 0 Å². The molecule has 0 radical (unpaired) electrons. The van der Waals surface area contributed by atoms with Crippen LogP contribution in [-0.2, 0) is 10.2 Å². The van der Waals surface area contributed by atoms with Gasteiger partial charge in [0.25, 0.3) is 0 Å². The van der Waals surface area contributed by atoms with Gasteiger partial charge in [-0.05, 0) is 37.5 Å². The molecule has 1 aromatic carbocycles. The van der Waals surface area contributed by atoms with Crippen LogP contribution in [0.5, 0.6) is 0 Å². The minimum Gasteiger partial charge on any atom is -0.397 e. The molecular formula is C13H20BrN3O2S. The van der Waals surface area contributed by atoms with Crippen molar-refractivity contribution in [2.75, 3.05) is 23.5 Å². The summed E-state index contributed by atoms with van der Waals surface area (Å²) in [6.45, 7) is 2.98. The van der Waals surface area contributed by atoms with Gasteiger partial charge in [-0.1, -0.05) is 28.8 Å². The van der Waals surface area contributed by atoms with Crippen molar-refractivity contribution in [2.45, 2.75) is 32.6 Å². The molecule has 0 atom stereocenters. The first kappa shape index (κ1) is 15.6. The Balaban J connectivity index is 2.23. The Morgan fingerprint density at radius 1 is 1.20 bits per heavy atom. The number of nitrogens with two attached hydrogens (primary N) is 1. The summed E-state index contributed by atoms with van der Waals surface area (Å²) in [7, 11) is -3.53. The van der Waals surface area contributed by atoms with Crippen LogP contribution in [-0.4, -0.2) is 25.8 Å². The third-order valence-electron chi connectivity index (χ3n) is 3.47. The van der Waals surface area contributed by atoms with Gasteiger partial charge in [-0.15, -0.1) is 0 Å². The summed E-state index contributed by atoms with van der Waals surface area (Å²) in [6.07, 6.45) is 4.00. The molecule has 1 saturated heterocycles. The molecule has 0 spiro atoms. The molecule has 0 amide bonds. The predicted molar refractivity (Wildman–Crippen MR) is 85.9 cm³/mol. The average molecular weight is 362 g/mol. The minimum atomic E-state index is -3.53. The molecule has 3 N–H and O–H groups in total. The molecule has 0 unspecified atom stereocenters. The van der Waals surface area contributed by atoms with Gasteiger partial charge in [-0.2, -0.15) is 12.7 Å². The fourth-order valence-electron chi connectivity index (χ4n) is 2.38. The summed E-state index contributed by atoms with van der Waals surface area (Å²) in [5, 5.41) is 0. The second-order valence-corrected chi connectivity index (χ2v) is 7.69. The lowest BCUT2D eigenvalue weighted by molar-refractivity contribution is 0.427. The second-order valence-electron chi connectivity index (χ2n) is 5.11. The van der Waals surface area contributed by atoms with E-state index in [9.17, 15) is 8.42 Å². The van der Waals surface area contributed by atoms with Gasteiger partial charge in [0.1, 0.15) is 0 Å². The number of benzene rings is 1. The molecule has 1 aliphatic rings. The summed E-state index contributed by atoms with van der Waals surface area (Å²) in [5.74, 6) is 0. The molecule has 112 valence electrons. The van der Waals surface area contributed by atoms with Crippen LogP contribution >= 0.6 is 15.9 Å². The quantitative estimate of drug-likeness (QED) is 0.812. The zero-order valence-electron chi connectivity index (χ0n) is 11.5. The first-order chi connectivity index (χ1) is 9.40. The van der Waals surface area contributed by atoms with E-state index in [0.29, 0.717) is 24.5 Å². The number of anilines is 2. The third kappa shape index (κ3) is 3.65. The van der Waals surface area contributed by atoms with E-state index in [2.05, 4.69) is 20.7 Å². The van der Waals surface area contributed by atoms with Gasteiger partial charge in [0.2, 0.25) is 0 Å². The lowest BCUT2D eigenvalue weighted by Crippen LogP contribution is -2.36. The van der Waals surface area contributed by atoms with Crippen LogP contribution in [0.1, 0.15) is 31.2 Å². The van der Waals surface area contributed by atoms with Crippen LogP contribution in [0.15, 0.2) is 16.6 Å². The van der Waals surface area contributed by atoms with Crippen molar-refractivity contribution in [1.82, 2.24) is 4.31 Å². The van der Waals surface area contributed by atoms with E-state index in [1.54, 1.807) is 6.07 Å². The number of halogens is 1. The van der Waals surface area contributed by atoms with Gasteiger partial charge in [0.05, 0.1) is 11.4 Å². The number of nitrogens with zero attached hydrogens (tertiary/aromatic N) is 1. The second kappa shape index (κ2) is 6.32. The van der Waals surface area contributed by atoms with Gasteiger partial charge in [-0.25, -0.2) is 0 Å². The molecule has 1 heterocycles. The van der Waals surface area contributed by atoms with Crippen molar-refractivity contribution in [3.63, 3.8) is 0 Å². The number of hydrogen-bond donors (Lipinski definition) is 2. The van der Waals surface area contributed by atoms with Crippen LogP contribution in [0.25, 0.3) is 0 Å². The van der Waals surface area contributed by atoms with E-state index in [-0.39, 0.29) is 0 Å². The molecule has 7 heteroatoms. The Morgan fingerprint density at radius 2 is 1.80 bits per heavy atom. The highest BCUT2D eigenvalue weighted by Crippen LogP contribution is 2.29. The number of hydrogen-bond acceptors (Lipinski definition) is 3. The van der Waals surface area contributed by atoms with Gasteiger partial charge in [-0.3, -0.25) is 4.72 Å². The lowest BCUT2D eigenvalue weighted by Gasteiger charge is -2.22. The van der Waals surface area contributed by atoms with Crippen molar-refractivity contribution in [2.24, 2.45) is 0 Å². The molecule has 1 aromatic rings. The van der Waals surface area contributed by atoms with E-state index >= 15 is 0 Å². The highest BCUT2D eigenvalue weighted by Gasteiger charge is 2.24. The van der Waals surface area contributed by atoms with Crippen LogP contribution < -0.4 is 10.5 Å². The average Bonchev–Trinajstić information content (AvgIpc) is 2.63. The van der Waals surface area contributed by atoms with Crippen LogP contribution in [0.4, 0.5) is 11.4 Å². The van der Waals surface area contributed by atoms with Gasteiger partial charge < -0.3 is 5.73 Å². The fraction of sp³-hybridized carbons (Fsp3) is 0.538. The first-order valence-electron chi connectivity index (χ1n) is 6.73. The maximum absolute atomic E-state index is 12.4. The largest absolute Gasteiger partial charge is 0.397 e. The summed E-state index contributed by atoms with van der Waals surface area (Å²) < 4.78 is 29.9. The van der Waals surface area contributed by atoms with Crippen molar-refractivity contribution in [1.29, 1.82) is 0 Å². The summed E-state index contributed by atoms with van der Waals surface area (Å²) in [4.78, 5) is 0. The Labute approximate surface area is 128 Å². The monoisotopic (exact) mass is 361 g/mol. The van der Waals surface area contributed by atoms with Gasteiger partial charge in [0, 0.05) is 17.6 Å². The van der Waals surface area contributed by atoms with Crippen molar-refractivity contribution in [3.05, 3.63) is 22.2 Å². The molecule has 20 heavy (non-hydrogen) atoms. The topological polar surface area (TPSA) is 75.4 Å². The minimum absolute atomic E-state index is 0.426. The molecule has 1 aliphatic heterocycles. The smallest absolute Gasteiger partial charge is 0.301 e. The number of rotatable bonds is 3. The van der Waals surface area contributed by atoms with Crippen molar-refractivity contribution < 1.29 is 8.42 Å². The van der Waals surface area contributed by atoms with E-state index in [0.717, 1.165) is 35.7 Å².